The van der Waals surface area contributed by atoms with Crippen molar-refractivity contribution in [3.8, 4) is 6.07 Å². The zero-order chi connectivity index (χ0) is 24.8. The predicted octanol–water partition coefficient (Wildman–Crippen LogP) is 3.90. The topological polar surface area (TPSA) is 125 Å². The summed E-state index contributed by atoms with van der Waals surface area (Å²) in [5.41, 5.74) is 3.18. The molecule has 176 valence electrons. The summed E-state index contributed by atoms with van der Waals surface area (Å²) in [4.78, 5) is 13.2. The highest BCUT2D eigenvalue weighted by atomic mass is 32.1. The van der Waals surface area contributed by atoms with Crippen LogP contribution in [0, 0.1) is 11.3 Å². The predicted molar refractivity (Wildman–Crippen MR) is 139 cm³/mol. The standard InChI is InChI=1S/C26H24N6O2S/c1-3-29-25(32-28)24-20(13-16-8-9-17-6-4-5-7-18(17)12-16)21(15-27)23(35-24)19-10-11-30-22(14-19)31-26(33)34-2/h3-12,14,22,30H,1,13,28H2,2H3,(H,29,32)(H,31,33). The van der Waals surface area contributed by atoms with Gasteiger partial charge in [-0.05, 0) is 52.0 Å². The fraction of sp³-hybridized carbons (Fsp3) is 0.115. The Hall–Kier alpha value is -4.55. The maximum Gasteiger partial charge on any atom is 0.408 e. The fourth-order valence-corrected chi connectivity index (χ4v) is 5.14. The average Bonchev–Trinajstić information content (AvgIpc) is 3.25. The Morgan fingerprint density at radius 3 is 2.86 bits per heavy atom. The molecule has 3 aromatic rings. The number of benzene rings is 2. The van der Waals surface area contributed by atoms with E-state index >= 15 is 0 Å². The first-order chi connectivity index (χ1) is 17.1. The molecule has 0 radical (unpaired) electrons. The van der Waals surface area contributed by atoms with E-state index in [1.165, 1.54) is 24.6 Å². The molecule has 1 atom stereocenters. The summed E-state index contributed by atoms with van der Waals surface area (Å²) in [6.07, 6.45) is 6.36. The molecule has 35 heavy (non-hydrogen) atoms. The van der Waals surface area contributed by atoms with Crippen LogP contribution in [0.2, 0.25) is 0 Å². The van der Waals surface area contributed by atoms with Crippen LogP contribution in [0.25, 0.3) is 16.3 Å². The van der Waals surface area contributed by atoms with E-state index in [9.17, 15) is 10.1 Å². The number of hydrogen-bond donors (Lipinski definition) is 4. The van der Waals surface area contributed by atoms with Crippen molar-refractivity contribution >= 4 is 39.6 Å². The lowest BCUT2D eigenvalue weighted by atomic mass is 9.96. The monoisotopic (exact) mass is 484 g/mol. The normalized spacial score (nSPS) is 15.0. The van der Waals surface area contributed by atoms with Crippen molar-refractivity contribution in [3.05, 3.63) is 100 Å². The van der Waals surface area contributed by atoms with Crippen LogP contribution in [0.15, 0.2) is 78.7 Å². The van der Waals surface area contributed by atoms with E-state index in [0.29, 0.717) is 17.8 Å². The van der Waals surface area contributed by atoms with E-state index in [4.69, 9.17) is 10.6 Å². The third-order valence-corrected chi connectivity index (χ3v) is 6.79. The number of nitrogens with two attached hydrogens (primary N) is 1. The maximum atomic E-state index is 11.7. The van der Waals surface area contributed by atoms with Crippen LogP contribution < -0.4 is 21.8 Å². The Bertz CT molecular complexity index is 1410. The van der Waals surface area contributed by atoms with Crippen molar-refractivity contribution in [1.82, 2.24) is 16.0 Å². The summed E-state index contributed by atoms with van der Waals surface area (Å²) in [6.45, 7) is 3.72. The second-order valence-corrected chi connectivity index (χ2v) is 8.67. The van der Waals surface area contributed by atoms with Crippen molar-refractivity contribution in [2.45, 2.75) is 12.6 Å². The summed E-state index contributed by atoms with van der Waals surface area (Å²) in [5, 5.41) is 25.1. The first kappa shape index (κ1) is 23.6. The number of ether oxygens (including phenoxy) is 1. The smallest absolute Gasteiger partial charge is 0.408 e. The van der Waals surface area contributed by atoms with E-state index in [0.717, 1.165) is 37.2 Å². The molecule has 0 fully saturated rings. The molecule has 0 saturated carbocycles. The third-order valence-electron chi connectivity index (χ3n) is 5.50. The van der Waals surface area contributed by atoms with E-state index < -0.39 is 12.3 Å². The van der Waals surface area contributed by atoms with Crippen molar-refractivity contribution in [1.29, 1.82) is 5.26 Å². The lowest BCUT2D eigenvalue weighted by Crippen LogP contribution is -2.42. The number of hydrogen-bond acceptors (Lipinski definition) is 7. The second-order valence-electron chi connectivity index (χ2n) is 7.65. The van der Waals surface area contributed by atoms with E-state index in [2.05, 4.69) is 64.0 Å². The molecule has 1 aliphatic rings. The van der Waals surface area contributed by atoms with E-state index in [1.54, 1.807) is 6.20 Å². The lowest BCUT2D eigenvalue weighted by Gasteiger charge is -2.19. The molecule has 0 saturated heterocycles. The van der Waals surface area contributed by atoms with Crippen LogP contribution in [-0.2, 0) is 11.2 Å². The van der Waals surface area contributed by atoms with E-state index in [-0.39, 0.29) is 0 Å². The van der Waals surface area contributed by atoms with Gasteiger partial charge in [0.05, 0.1) is 22.4 Å². The molecule has 1 aliphatic heterocycles. The maximum absolute atomic E-state index is 11.7. The Balaban J connectivity index is 1.81. The molecule has 2 aromatic carbocycles. The molecule has 0 spiro atoms. The number of rotatable bonds is 6. The summed E-state index contributed by atoms with van der Waals surface area (Å²) in [7, 11) is 1.30. The number of thiophene rings is 1. The number of allylic oxidation sites excluding steroid dienone is 2. The van der Waals surface area contributed by atoms with Gasteiger partial charge >= 0.3 is 6.09 Å². The number of alkyl carbamates (subject to hydrolysis) is 1. The first-order valence-electron chi connectivity index (χ1n) is 10.8. The minimum absolute atomic E-state index is 0.422. The summed E-state index contributed by atoms with van der Waals surface area (Å²) >= 11 is 1.40. The largest absolute Gasteiger partial charge is 0.453 e. The van der Waals surface area contributed by atoms with E-state index in [1.807, 2.05) is 24.3 Å². The Kier molecular flexibility index (Phi) is 7.14. The number of methoxy groups -OCH3 is 1. The number of nitriles is 1. The van der Waals surface area contributed by atoms with Gasteiger partial charge in [-0.3, -0.25) is 5.32 Å². The summed E-state index contributed by atoms with van der Waals surface area (Å²) < 4.78 is 4.69. The van der Waals surface area contributed by atoms with Gasteiger partial charge < -0.3 is 21.2 Å². The van der Waals surface area contributed by atoms with Gasteiger partial charge in [-0.15, -0.1) is 11.3 Å². The van der Waals surface area contributed by atoms with Gasteiger partial charge in [0.2, 0.25) is 0 Å². The van der Waals surface area contributed by atoms with Gasteiger partial charge in [0.25, 0.3) is 0 Å². The van der Waals surface area contributed by atoms with Crippen molar-refractivity contribution < 1.29 is 9.53 Å². The second kappa shape index (κ2) is 10.6. The Labute approximate surface area is 207 Å². The number of nitrogens with zero attached hydrogens (tertiary/aromatic N) is 2. The van der Waals surface area contributed by atoms with Crippen LogP contribution in [-0.4, -0.2) is 25.2 Å². The van der Waals surface area contributed by atoms with Crippen molar-refractivity contribution in [2.24, 2.45) is 10.9 Å². The van der Waals surface area contributed by atoms with Gasteiger partial charge in [-0.25, -0.2) is 4.79 Å². The quantitative estimate of drug-likeness (QED) is 0.182. The zero-order valence-corrected chi connectivity index (χ0v) is 19.9. The number of fused-ring (bicyclic) bond motifs is 1. The minimum atomic E-state index is -0.564. The highest BCUT2D eigenvalue weighted by molar-refractivity contribution is 7.15. The number of dihydropyridines is 1. The number of carbonyl (C=O) groups excluding carboxylic acids is 1. The molecule has 1 aromatic heterocycles. The highest BCUT2D eigenvalue weighted by Gasteiger charge is 2.25. The molecule has 0 aliphatic carbocycles. The molecule has 9 heteroatoms. The molecular formula is C26H24N6O2S. The third kappa shape index (κ3) is 5.03. The van der Waals surface area contributed by atoms with Gasteiger partial charge in [-0.2, -0.15) is 10.4 Å². The SMILES string of the molecule is C=CN/C(=N\N)c1sc(C2=CC(NC(=O)OC)NC=C2)c(C#N)c1Cc1ccc2ccccc2c1. The number of nitrogens with one attached hydrogen (secondary N) is 3. The Morgan fingerprint density at radius 1 is 1.34 bits per heavy atom. The number of amides is 1. The molecule has 0 bridgehead atoms. The molecular weight excluding hydrogens is 460 g/mol. The first-order valence-corrected chi connectivity index (χ1v) is 11.6. The molecule has 5 N–H and O–H groups in total. The van der Waals surface area contributed by atoms with Gasteiger partial charge in [0.15, 0.2) is 5.84 Å². The van der Waals surface area contributed by atoms with Crippen LogP contribution in [0.1, 0.15) is 26.4 Å². The summed E-state index contributed by atoms with van der Waals surface area (Å²) in [5.74, 6) is 6.12. The average molecular weight is 485 g/mol. The zero-order valence-electron chi connectivity index (χ0n) is 19.0. The van der Waals surface area contributed by atoms with Crippen LogP contribution in [0.5, 0.6) is 0 Å². The number of amidine groups is 1. The van der Waals surface area contributed by atoms with Crippen molar-refractivity contribution in [2.75, 3.05) is 7.11 Å². The van der Waals surface area contributed by atoms with Crippen LogP contribution in [0.3, 0.4) is 0 Å². The number of carbonyl (C=O) groups is 1. The number of hydrazone groups is 1. The fourth-order valence-electron chi connectivity index (χ4n) is 3.90. The Morgan fingerprint density at radius 2 is 2.14 bits per heavy atom. The van der Waals surface area contributed by atoms with Gasteiger partial charge in [-0.1, -0.05) is 49.0 Å². The van der Waals surface area contributed by atoms with Gasteiger partial charge in [0.1, 0.15) is 12.2 Å². The molecule has 1 unspecified atom stereocenters. The van der Waals surface area contributed by atoms with Gasteiger partial charge in [0, 0.05) is 6.42 Å². The molecule has 4 rings (SSSR count). The lowest BCUT2D eigenvalue weighted by molar-refractivity contribution is 0.167. The highest BCUT2D eigenvalue weighted by Crippen LogP contribution is 2.36. The molecule has 8 nitrogen and oxygen atoms in total. The summed E-state index contributed by atoms with van der Waals surface area (Å²) in [6, 6.07) is 16.8. The minimum Gasteiger partial charge on any atom is -0.453 e. The molecule has 1 amide bonds. The molecule has 2 heterocycles. The van der Waals surface area contributed by atoms with Crippen molar-refractivity contribution in [3.63, 3.8) is 0 Å². The van der Waals surface area contributed by atoms with Crippen LogP contribution in [0.4, 0.5) is 4.79 Å². The van der Waals surface area contributed by atoms with Crippen LogP contribution >= 0.6 is 11.3 Å².